The number of fused-ring (bicyclic) bond motifs is 3. The van der Waals surface area contributed by atoms with Gasteiger partial charge in [0.25, 0.3) is 0 Å². The largest absolute Gasteiger partial charge is 0.367 e. The second kappa shape index (κ2) is 6.51. The molecule has 0 saturated carbocycles. The minimum absolute atomic E-state index is 0.121. The van der Waals surface area contributed by atoms with Gasteiger partial charge in [0.15, 0.2) is 5.79 Å². The quantitative estimate of drug-likeness (QED) is 0.580. The second-order valence-electron chi connectivity index (χ2n) is 8.50. The molecular weight excluding hydrogens is 358 g/mol. The zero-order valence-electron chi connectivity index (χ0n) is 16.2. The van der Waals surface area contributed by atoms with Crippen LogP contribution in [0.3, 0.4) is 0 Å². The molecule has 0 bridgehead atoms. The van der Waals surface area contributed by atoms with E-state index in [4.69, 9.17) is 14.2 Å². The molecular formula is C22H25NO5. The van der Waals surface area contributed by atoms with Gasteiger partial charge in [-0.3, -0.25) is 9.59 Å². The summed E-state index contributed by atoms with van der Waals surface area (Å²) < 4.78 is 18.1. The lowest BCUT2D eigenvalue weighted by atomic mass is 9.76. The van der Waals surface area contributed by atoms with E-state index in [1.54, 1.807) is 12.1 Å². The zero-order chi connectivity index (χ0) is 19.5. The maximum absolute atomic E-state index is 13.3. The number of allylic oxidation sites excluding steroid dienone is 1. The fraction of sp³-hybridized carbons (Fsp3) is 0.545. The first-order valence-corrected chi connectivity index (χ1v) is 10.0. The van der Waals surface area contributed by atoms with Crippen LogP contribution in [0.5, 0.6) is 0 Å². The number of hydrogen-bond donors (Lipinski definition) is 0. The van der Waals surface area contributed by atoms with E-state index in [0.29, 0.717) is 18.7 Å². The van der Waals surface area contributed by atoms with Gasteiger partial charge in [0.2, 0.25) is 11.8 Å². The number of imide groups is 1. The fourth-order valence-electron chi connectivity index (χ4n) is 4.95. The van der Waals surface area contributed by atoms with E-state index in [-0.39, 0.29) is 36.0 Å². The number of rotatable bonds is 2. The van der Waals surface area contributed by atoms with E-state index in [0.717, 1.165) is 18.4 Å². The van der Waals surface area contributed by atoms with Crippen molar-refractivity contribution in [2.45, 2.75) is 57.2 Å². The summed E-state index contributed by atoms with van der Waals surface area (Å²) in [5.74, 6) is -1.68. The zero-order valence-corrected chi connectivity index (χ0v) is 16.2. The van der Waals surface area contributed by atoms with Crippen LogP contribution in [0.2, 0.25) is 0 Å². The number of benzene rings is 1. The summed E-state index contributed by atoms with van der Waals surface area (Å²) >= 11 is 0. The summed E-state index contributed by atoms with van der Waals surface area (Å²) in [4.78, 5) is 27.6. The van der Waals surface area contributed by atoms with Crippen LogP contribution in [0.4, 0.5) is 5.69 Å². The van der Waals surface area contributed by atoms with Crippen LogP contribution in [-0.2, 0) is 23.8 Å². The number of carbonyl (C=O) groups is 2. The van der Waals surface area contributed by atoms with Crippen molar-refractivity contribution in [1.29, 1.82) is 0 Å². The van der Waals surface area contributed by atoms with Crippen molar-refractivity contribution in [3.63, 3.8) is 0 Å². The molecule has 0 unspecified atom stereocenters. The maximum atomic E-state index is 13.3. The molecule has 1 aromatic rings. The van der Waals surface area contributed by atoms with Crippen molar-refractivity contribution in [2.75, 3.05) is 11.5 Å². The van der Waals surface area contributed by atoms with Gasteiger partial charge >= 0.3 is 0 Å². The van der Waals surface area contributed by atoms with Crippen LogP contribution >= 0.6 is 0 Å². The number of ether oxygens (including phenoxy) is 3. The summed E-state index contributed by atoms with van der Waals surface area (Å²) in [6.45, 7) is 4.28. The van der Waals surface area contributed by atoms with Gasteiger partial charge in [-0.2, -0.15) is 0 Å². The minimum Gasteiger partial charge on any atom is -0.367 e. The Labute approximate surface area is 164 Å². The Bertz CT molecular complexity index is 833. The van der Waals surface area contributed by atoms with Gasteiger partial charge in [-0.25, -0.2) is 4.90 Å². The van der Waals surface area contributed by atoms with E-state index in [9.17, 15) is 9.59 Å². The smallest absolute Gasteiger partial charge is 0.240 e. The van der Waals surface area contributed by atoms with Crippen LogP contribution < -0.4 is 4.90 Å². The molecule has 2 amide bonds. The van der Waals surface area contributed by atoms with E-state index in [2.05, 4.69) is 6.08 Å². The van der Waals surface area contributed by atoms with Crippen LogP contribution in [0, 0.1) is 11.8 Å². The first-order chi connectivity index (χ1) is 13.4. The molecule has 28 heavy (non-hydrogen) atoms. The number of para-hydroxylation sites is 1. The Kier molecular flexibility index (Phi) is 4.19. The van der Waals surface area contributed by atoms with Crippen molar-refractivity contribution in [3.05, 3.63) is 42.0 Å². The third kappa shape index (κ3) is 2.82. The average Bonchev–Trinajstić information content (AvgIpc) is 3.19. The lowest BCUT2D eigenvalue weighted by molar-refractivity contribution is -0.171. The van der Waals surface area contributed by atoms with E-state index in [1.165, 1.54) is 4.90 Å². The van der Waals surface area contributed by atoms with Crippen LogP contribution in [0.25, 0.3) is 0 Å². The van der Waals surface area contributed by atoms with E-state index in [1.807, 2.05) is 32.0 Å². The molecule has 4 aliphatic rings. The van der Waals surface area contributed by atoms with E-state index >= 15 is 0 Å². The molecule has 3 saturated heterocycles. The second-order valence-corrected chi connectivity index (χ2v) is 8.50. The van der Waals surface area contributed by atoms with Crippen LogP contribution in [0.1, 0.15) is 33.1 Å². The number of anilines is 1. The molecule has 6 nitrogen and oxygen atoms in total. The molecule has 5 atom stereocenters. The van der Waals surface area contributed by atoms with E-state index < -0.39 is 11.7 Å². The highest BCUT2D eigenvalue weighted by Gasteiger charge is 2.55. The first-order valence-electron chi connectivity index (χ1n) is 10.0. The molecule has 0 N–H and O–H groups in total. The molecule has 0 spiro atoms. The van der Waals surface area contributed by atoms with Crippen molar-refractivity contribution >= 4 is 17.5 Å². The summed E-state index contributed by atoms with van der Waals surface area (Å²) in [5, 5.41) is 0. The normalized spacial score (nSPS) is 36.9. The number of nitrogens with zero attached hydrogens (tertiary/aromatic N) is 1. The number of hydrogen-bond acceptors (Lipinski definition) is 5. The highest BCUT2D eigenvalue weighted by Crippen LogP contribution is 2.45. The maximum Gasteiger partial charge on any atom is 0.240 e. The van der Waals surface area contributed by atoms with Gasteiger partial charge in [0.05, 0.1) is 36.3 Å². The predicted molar refractivity (Wildman–Crippen MR) is 101 cm³/mol. The van der Waals surface area contributed by atoms with Gasteiger partial charge in [-0.05, 0) is 50.8 Å². The van der Waals surface area contributed by atoms with Crippen molar-refractivity contribution in [2.24, 2.45) is 11.8 Å². The Hall–Kier alpha value is -2.02. The monoisotopic (exact) mass is 383 g/mol. The minimum atomic E-state index is -0.609. The van der Waals surface area contributed by atoms with Gasteiger partial charge in [0.1, 0.15) is 6.10 Å². The lowest BCUT2D eigenvalue weighted by Crippen LogP contribution is -2.46. The SMILES string of the molecule is CC1(C)OC[C@H]([C@H]2CCC3=CC[C@@H]4C(=O)N(c5ccccc5)C(=O)[C@@H]4[C@@H]3O2)O1. The van der Waals surface area contributed by atoms with Crippen molar-refractivity contribution in [3.8, 4) is 0 Å². The summed E-state index contributed by atoms with van der Waals surface area (Å²) in [5.41, 5.74) is 1.78. The molecule has 148 valence electrons. The Balaban J connectivity index is 1.40. The molecule has 5 rings (SSSR count). The molecule has 0 aromatic heterocycles. The van der Waals surface area contributed by atoms with Gasteiger partial charge in [-0.1, -0.05) is 24.3 Å². The molecule has 6 heteroatoms. The molecule has 0 radical (unpaired) electrons. The van der Waals surface area contributed by atoms with Gasteiger partial charge in [0, 0.05) is 0 Å². The first kappa shape index (κ1) is 18.0. The number of carbonyl (C=O) groups excluding carboxylic acids is 2. The summed E-state index contributed by atoms with van der Waals surface area (Å²) in [7, 11) is 0. The fourth-order valence-corrected chi connectivity index (χ4v) is 4.95. The predicted octanol–water partition coefficient (Wildman–Crippen LogP) is 2.82. The average molecular weight is 383 g/mol. The molecule has 3 aliphatic heterocycles. The highest BCUT2D eigenvalue weighted by atomic mass is 16.7. The van der Waals surface area contributed by atoms with Crippen molar-refractivity contribution < 1.29 is 23.8 Å². The Morgan fingerprint density at radius 2 is 1.86 bits per heavy atom. The Morgan fingerprint density at radius 3 is 2.57 bits per heavy atom. The molecule has 1 aromatic carbocycles. The topological polar surface area (TPSA) is 65.1 Å². The molecule has 3 heterocycles. The molecule has 3 fully saturated rings. The van der Waals surface area contributed by atoms with Gasteiger partial charge < -0.3 is 14.2 Å². The third-order valence-electron chi connectivity index (χ3n) is 6.30. The lowest BCUT2D eigenvalue weighted by Gasteiger charge is -2.40. The molecule has 1 aliphatic carbocycles. The Morgan fingerprint density at radius 1 is 1.07 bits per heavy atom. The highest BCUT2D eigenvalue weighted by molar-refractivity contribution is 6.22. The number of amides is 2. The van der Waals surface area contributed by atoms with Crippen molar-refractivity contribution in [1.82, 2.24) is 0 Å². The summed E-state index contributed by atoms with van der Waals surface area (Å²) in [6, 6.07) is 9.17. The summed E-state index contributed by atoms with van der Waals surface area (Å²) in [6.07, 6.45) is 3.80. The third-order valence-corrected chi connectivity index (χ3v) is 6.30. The van der Waals surface area contributed by atoms with Crippen LogP contribution in [-0.4, -0.2) is 42.5 Å². The van der Waals surface area contributed by atoms with Crippen LogP contribution in [0.15, 0.2) is 42.0 Å². The standard InChI is InChI=1S/C22H25NO5/c1-22(2)26-12-17(28-22)16-11-9-13-8-10-15-18(19(13)27-16)21(25)23(20(15)24)14-6-4-3-5-7-14/h3-8,15-19H,9-12H2,1-2H3/t15-,16+,17+,18-,19+/m0/s1. The van der Waals surface area contributed by atoms with Gasteiger partial charge in [-0.15, -0.1) is 0 Å².